The number of alkyl halides is 3. The van der Waals surface area contributed by atoms with Gasteiger partial charge in [-0.3, -0.25) is 9.69 Å². The average molecular weight is 504 g/mol. The van der Waals surface area contributed by atoms with Crippen molar-refractivity contribution in [3.8, 4) is 5.75 Å². The standard InChI is InChI=1S/C29H36F3NO3/c1-18-5-10-24(11-6-18)36-26-12-9-20-8-7-19(15-25(20)27(26)29(30,31)32)13-14-33-22-3-2-4-23(33)17-21(16-22)28(34)35/h7-9,12,15,18,21-24H,2-6,10-11,13-14,16-17H2,1H3,(H,34,35)/t18?,21?,22-,23?,24?/m1/s1. The van der Waals surface area contributed by atoms with Crippen LogP contribution in [0.15, 0.2) is 30.3 Å². The molecule has 1 N–H and O–H groups in total. The number of aliphatic carboxylic acids is 1. The minimum Gasteiger partial charge on any atom is -0.490 e. The van der Waals surface area contributed by atoms with Crippen LogP contribution in [0.2, 0.25) is 0 Å². The summed E-state index contributed by atoms with van der Waals surface area (Å²) in [7, 11) is 0. The first-order chi connectivity index (χ1) is 17.2. The Morgan fingerprint density at radius 2 is 1.69 bits per heavy atom. The third-order valence-corrected chi connectivity index (χ3v) is 8.72. The predicted octanol–water partition coefficient (Wildman–Crippen LogP) is 7.08. The highest BCUT2D eigenvalue weighted by molar-refractivity contribution is 5.89. The maximum Gasteiger partial charge on any atom is 0.420 e. The molecule has 7 heteroatoms. The predicted molar refractivity (Wildman–Crippen MR) is 133 cm³/mol. The summed E-state index contributed by atoms with van der Waals surface area (Å²) in [6, 6.07) is 9.11. The number of fused-ring (bicyclic) bond motifs is 3. The molecule has 2 saturated heterocycles. The summed E-state index contributed by atoms with van der Waals surface area (Å²) in [6.45, 7) is 2.92. The van der Waals surface area contributed by atoms with Crippen LogP contribution in [0.5, 0.6) is 5.75 Å². The molecule has 2 aromatic carbocycles. The van der Waals surface area contributed by atoms with Crippen LogP contribution in [-0.2, 0) is 17.4 Å². The van der Waals surface area contributed by atoms with Gasteiger partial charge in [0.15, 0.2) is 0 Å². The molecule has 4 nitrogen and oxygen atoms in total. The molecule has 0 amide bonds. The molecule has 2 bridgehead atoms. The fourth-order valence-corrected chi connectivity index (χ4v) is 6.72. The van der Waals surface area contributed by atoms with Crippen molar-refractivity contribution < 1.29 is 27.8 Å². The quantitative estimate of drug-likeness (QED) is 0.458. The van der Waals surface area contributed by atoms with Crippen molar-refractivity contribution in [2.45, 2.75) is 95.5 Å². The van der Waals surface area contributed by atoms with Crippen LogP contribution in [-0.4, -0.2) is 40.7 Å². The van der Waals surface area contributed by atoms with E-state index >= 15 is 0 Å². The second kappa shape index (κ2) is 10.2. The summed E-state index contributed by atoms with van der Waals surface area (Å²) in [6.07, 6.45) is 3.95. The van der Waals surface area contributed by atoms with E-state index in [2.05, 4.69) is 11.8 Å². The van der Waals surface area contributed by atoms with Crippen molar-refractivity contribution in [1.29, 1.82) is 0 Å². The van der Waals surface area contributed by atoms with E-state index in [9.17, 15) is 23.1 Å². The minimum absolute atomic E-state index is 0.0584. The van der Waals surface area contributed by atoms with E-state index in [-0.39, 0.29) is 35.2 Å². The number of carboxylic acids is 1. The highest BCUT2D eigenvalue weighted by atomic mass is 19.4. The van der Waals surface area contributed by atoms with Gasteiger partial charge >= 0.3 is 12.1 Å². The number of piperidine rings is 2. The van der Waals surface area contributed by atoms with Gasteiger partial charge in [0.2, 0.25) is 0 Å². The molecule has 2 unspecified atom stereocenters. The molecule has 2 aromatic rings. The fraction of sp³-hybridized carbons (Fsp3) is 0.621. The van der Waals surface area contributed by atoms with Gasteiger partial charge in [-0.15, -0.1) is 0 Å². The second-order valence-corrected chi connectivity index (χ2v) is 11.2. The van der Waals surface area contributed by atoms with Crippen LogP contribution in [0.1, 0.15) is 75.8 Å². The Morgan fingerprint density at radius 1 is 1.03 bits per heavy atom. The van der Waals surface area contributed by atoms with E-state index in [1.807, 2.05) is 6.07 Å². The zero-order valence-electron chi connectivity index (χ0n) is 20.9. The van der Waals surface area contributed by atoms with Gasteiger partial charge in [-0.2, -0.15) is 13.2 Å². The molecule has 36 heavy (non-hydrogen) atoms. The smallest absolute Gasteiger partial charge is 0.420 e. The molecule has 2 aliphatic heterocycles. The van der Waals surface area contributed by atoms with Gasteiger partial charge in [0.1, 0.15) is 11.3 Å². The second-order valence-electron chi connectivity index (χ2n) is 11.2. The average Bonchev–Trinajstić information content (AvgIpc) is 2.82. The van der Waals surface area contributed by atoms with Gasteiger partial charge in [-0.25, -0.2) is 0 Å². The first-order valence-corrected chi connectivity index (χ1v) is 13.5. The molecule has 5 rings (SSSR count). The minimum atomic E-state index is -4.51. The van der Waals surface area contributed by atoms with E-state index in [0.29, 0.717) is 30.6 Å². The van der Waals surface area contributed by atoms with Gasteiger partial charge in [-0.05, 0) is 86.1 Å². The Kier molecular flexibility index (Phi) is 7.21. The molecule has 3 aliphatic rings. The third-order valence-electron chi connectivity index (χ3n) is 8.72. The fourth-order valence-electron chi connectivity index (χ4n) is 6.72. The number of halogens is 3. The Bertz CT molecular complexity index is 1080. The Morgan fingerprint density at radius 3 is 2.33 bits per heavy atom. The number of hydrogen-bond donors (Lipinski definition) is 1. The Labute approximate surface area is 210 Å². The Balaban J connectivity index is 1.37. The molecule has 0 radical (unpaired) electrons. The maximum absolute atomic E-state index is 14.3. The largest absolute Gasteiger partial charge is 0.490 e. The van der Waals surface area contributed by atoms with E-state index < -0.39 is 17.7 Å². The molecule has 0 aromatic heterocycles. The number of rotatable bonds is 6. The van der Waals surface area contributed by atoms with E-state index in [1.54, 1.807) is 18.2 Å². The zero-order valence-corrected chi connectivity index (χ0v) is 20.9. The lowest BCUT2D eigenvalue weighted by Gasteiger charge is -2.48. The zero-order chi connectivity index (χ0) is 25.4. The van der Waals surface area contributed by atoms with Crippen molar-refractivity contribution in [3.05, 3.63) is 41.5 Å². The van der Waals surface area contributed by atoms with Gasteiger partial charge < -0.3 is 9.84 Å². The molecule has 1 aliphatic carbocycles. The summed E-state index contributed by atoms with van der Waals surface area (Å²) in [5, 5.41) is 10.3. The first kappa shape index (κ1) is 25.4. The lowest BCUT2D eigenvalue weighted by Crippen LogP contribution is -2.53. The van der Waals surface area contributed by atoms with Crippen molar-refractivity contribution in [2.24, 2.45) is 11.8 Å². The van der Waals surface area contributed by atoms with Crippen LogP contribution in [0.25, 0.3) is 10.8 Å². The van der Waals surface area contributed by atoms with E-state index in [0.717, 1.165) is 57.1 Å². The molecule has 1 saturated carbocycles. The molecule has 0 spiro atoms. The SMILES string of the molecule is CC1CCC(Oc2ccc3ccc(CCN4C5CCC[C@@H]4CC(C(=O)O)C5)cc3c2C(F)(F)F)CC1. The van der Waals surface area contributed by atoms with Gasteiger partial charge in [0.25, 0.3) is 0 Å². The van der Waals surface area contributed by atoms with Crippen molar-refractivity contribution >= 4 is 16.7 Å². The lowest BCUT2D eigenvalue weighted by atomic mass is 9.78. The van der Waals surface area contributed by atoms with Crippen LogP contribution in [0, 0.1) is 11.8 Å². The summed E-state index contributed by atoms with van der Waals surface area (Å²) < 4.78 is 48.9. The van der Waals surface area contributed by atoms with Crippen molar-refractivity contribution in [1.82, 2.24) is 4.90 Å². The molecule has 196 valence electrons. The topological polar surface area (TPSA) is 49.8 Å². The molecule has 3 fully saturated rings. The number of nitrogens with zero attached hydrogens (tertiary/aromatic N) is 1. The normalized spacial score (nSPS) is 29.3. The number of benzene rings is 2. The van der Waals surface area contributed by atoms with Crippen LogP contribution < -0.4 is 4.74 Å². The lowest BCUT2D eigenvalue weighted by molar-refractivity contribution is -0.146. The third kappa shape index (κ3) is 5.36. The molecular weight excluding hydrogens is 467 g/mol. The number of carbonyl (C=O) groups is 1. The number of hydrogen-bond acceptors (Lipinski definition) is 3. The summed E-state index contributed by atoms with van der Waals surface area (Å²) >= 11 is 0. The Hall–Kier alpha value is -2.28. The summed E-state index contributed by atoms with van der Waals surface area (Å²) in [5.41, 5.74) is 0.203. The monoisotopic (exact) mass is 503 g/mol. The van der Waals surface area contributed by atoms with Crippen LogP contribution in [0.4, 0.5) is 13.2 Å². The van der Waals surface area contributed by atoms with Crippen LogP contribution in [0.3, 0.4) is 0 Å². The van der Waals surface area contributed by atoms with E-state index in [1.165, 1.54) is 6.07 Å². The highest BCUT2D eigenvalue weighted by Crippen LogP contribution is 2.43. The maximum atomic E-state index is 14.3. The van der Waals surface area contributed by atoms with Gasteiger partial charge in [0, 0.05) is 18.6 Å². The van der Waals surface area contributed by atoms with Crippen LogP contribution >= 0.6 is 0 Å². The van der Waals surface area contributed by atoms with Gasteiger partial charge in [0.05, 0.1) is 12.0 Å². The molecule has 2 heterocycles. The number of carboxylic acid groups (broad SMARTS) is 1. The van der Waals surface area contributed by atoms with E-state index in [4.69, 9.17) is 4.74 Å². The van der Waals surface area contributed by atoms with Crippen molar-refractivity contribution in [2.75, 3.05) is 6.54 Å². The summed E-state index contributed by atoms with van der Waals surface area (Å²) in [4.78, 5) is 14.0. The molecular formula is C29H36F3NO3. The van der Waals surface area contributed by atoms with Gasteiger partial charge in [-0.1, -0.05) is 37.6 Å². The first-order valence-electron chi connectivity index (χ1n) is 13.5. The van der Waals surface area contributed by atoms with Crippen molar-refractivity contribution in [3.63, 3.8) is 0 Å². The highest BCUT2D eigenvalue weighted by Gasteiger charge is 2.40. The molecule has 3 atom stereocenters. The summed E-state index contributed by atoms with van der Waals surface area (Å²) in [5.74, 6) is -0.448. The number of ether oxygens (including phenoxy) is 1.